The normalized spacial score (nSPS) is 16.4. The maximum Gasteiger partial charge on any atom is 0.257 e. The lowest BCUT2D eigenvalue weighted by Crippen LogP contribution is -2.47. The number of nitrogens with zero attached hydrogens (tertiary/aromatic N) is 4. The standard InChI is InChI=1S/C20H22N4O2S/c1-14(19-21-22-20(26-19)18-4-3-13-27-18)23-9-11-24(12-10-23)17-7-5-16(6-8-17)15(2)25/h3-8,13-14H,9-12H2,1-2H3/t14-/m1/s1. The van der Waals surface area contributed by atoms with Crippen LogP contribution < -0.4 is 4.90 Å². The molecule has 0 aliphatic carbocycles. The Kier molecular flexibility index (Phi) is 5.05. The minimum absolute atomic E-state index is 0.0912. The van der Waals surface area contributed by atoms with Gasteiger partial charge in [-0.1, -0.05) is 6.07 Å². The Morgan fingerprint density at radius 1 is 1.11 bits per heavy atom. The van der Waals surface area contributed by atoms with Crippen LogP contribution in [0.2, 0.25) is 0 Å². The molecule has 3 heterocycles. The summed E-state index contributed by atoms with van der Waals surface area (Å²) in [5.41, 5.74) is 1.91. The molecule has 0 amide bonds. The SMILES string of the molecule is CC(=O)c1ccc(N2CCN([C@H](C)c3nnc(-c4cccs4)o3)CC2)cc1. The highest BCUT2D eigenvalue weighted by atomic mass is 32.1. The van der Waals surface area contributed by atoms with Crippen molar-refractivity contribution >= 4 is 22.8 Å². The average Bonchev–Trinajstić information content (AvgIpc) is 3.39. The number of Topliss-reactive ketones (excluding diaryl/α,β-unsaturated/α-hetero) is 1. The average molecular weight is 382 g/mol. The minimum Gasteiger partial charge on any atom is -0.418 e. The molecule has 2 aromatic heterocycles. The smallest absolute Gasteiger partial charge is 0.257 e. The highest BCUT2D eigenvalue weighted by molar-refractivity contribution is 7.13. The number of anilines is 1. The predicted molar refractivity (Wildman–Crippen MR) is 106 cm³/mol. The molecule has 0 spiro atoms. The van der Waals surface area contributed by atoms with Gasteiger partial charge in [-0.05, 0) is 49.6 Å². The third kappa shape index (κ3) is 3.79. The quantitative estimate of drug-likeness (QED) is 0.624. The molecule has 7 heteroatoms. The molecule has 4 rings (SSSR count). The van der Waals surface area contributed by atoms with Gasteiger partial charge in [-0.2, -0.15) is 0 Å². The van der Waals surface area contributed by atoms with Crippen LogP contribution >= 0.6 is 11.3 Å². The molecule has 1 aromatic carbocycles. The van der Waals surface area contributed by atoms with Crippen LogP contribution in [0.15, 0.2) is 46.2 Å². The topological polar surface area (TPSA) is 62.5 Å². The first-order chi connectivity index (χ1) is 13.1. The van der Waals surface area contributed by atoms with Gasteiger partial charge in [-0.15, -0.1) is 21.5 Å². The highest BCUT2D eigenvalue weighted by Gasteiger charge is 2.26. The Balaban J connectivity index is 1.38. The van der Waals surface area contributed by atoms with Gasteiger partial charge < -0.3 is 9.32 Å². The third-order valence-electron chi connectivity index (χ3n) is 5.03. The van der Waals surface area contributed by atoms with E-state index in [-0.39, 0.29) is 11.8 Å². The molecular formula is C20H22N4O2S. The first kappa shape index (κ1) is 17.9. The predicted octanol–water partition coefficient (Wildman–Crippen LogP) is 3.88. The van der Waals surface area contributed by atoms with E-state index in [2.05, 4.69) is 26.9 Å². The van der Waals surface area contributed by atoms with Crippen LogP contribution in [0.5, 0.6) is 0 Å². The fourth-order valence-electron chi connectivity index (χ4n) is 3.33. The first-order valence-corrected chi connectivity index (χ1v) is 9.97. The summed E-state index contributed by atoms with van der Waals surface area (Å²) < 4.78 is 5.89. The van der Waals surface area contributed by atoms with Crippen molar-refractivity contribution in [2.24, 2.45) is 0 Å². The van der Waals surface area contributed by atoms with Crippen LogP contribution in [0.4, 0.5) is 5.69 Å². The Morgan fingerprint density at radius 2 is 1.85 bits per heavy atom. The van der Waals surface area contributed by atoms with Crippen molar-refractivity contribution < 1.29 is 9.21 Å². The summed E-state index contributed by atoms with van der Waals surface area (Å²) in [5, 5.41) is 10.4. The molecule has 0 saturated carbocycles. The van der Waals surface area contributed by atoms with E-state index in [4.69, 9.17) is 4.42 Å². The molecule has 1 saturated heterocycles. The second-order valence-corrected chi connectivity index (χ2v) is 7.67. The summed E-state index contributed by atoms with van der Waals surface area (Å²) in [6, 6.07) is 11.9. The Labute approximate surface area is 162 Å². The third-order valence-corrected chi connectivity index (χ3v) is 5.89. The van der Waals surface area contributed by atoms with Gasteiger partial charge in [-0.3, -0.25) is 9.69 Å². The van der Waals surface area contributed by atoms with Crippen molar-refractivity contribution in [3.8, 4) is 10.8 Å². The van der Waals surface area contributed by atoms with E-state index in [1.165, 1.54) is 0 Å². The lowest BCUT2D eigenvalue weighted by Gasteiger charge is -2.38. The van der Waals surface area contributed by atoms with E-state index in [1.54, 1.807) is 18.3 Å². The van der Waals surface area contributed by atoms with Crippen molar-refractivity contribution in [1.82, 2.24) is 15.1 Å². The molecule has 27 heavy (non-hydrogen) atoms. The summed E-state index contributed by atoms with van der Waals surface area (Å²) >= 11 is 1.60. The molecule has 1 fully saturated rings. The maximum atomic E-state index is 11.4. The zero-order valence-corrected chi connectivity index (χ0v) is 16.3. The number of hydrogen-bond donors (Lipinski definition) is 0. The zero-order valence-electron chi connectivity index (χ0n) is 15.5. The summed E-state index contributed by atoms with van der Waals surface area (Å²) in [5.74, 6) is 1.36. The molecule has 140 valence electrons. The van der Waals surface area contributed by atoms with E-state index >= 15 is 0 Å². The monoisotopic (exact) mass is 382 g/mol. The van der Waals surface area contributed by atoms with Gasteiger partial charge in [0.1, 0.15) is 0 Å². The van der Waals surface area contributed by atoms with Gasteiger partial charge in [0, 0.05) is 37.4 Å². The lowest BCUT2D eigenvalue weighted by molar-refractivity contribution is 0.101. The first-order valence-electron chi connectivity index (χ1n) is 9.09. The summed E-state index contributed by atoms with van der Waals surface area (Å²) in [6.45, 7) is 7.41. The fraction of sp³-hybridized carbons (Fsp3) is 0.350. The Hall–Kier alpha value is -2.51. The van der Waals surface area contributed by atoms with E-state index in [0.29, 0.717) is 11.8 Å². The summed E-state index contributed by atoms with van der Waals surface area (Å²) in [6.07, 6.45) is 0. The van der Waals surface area contributed by atoms with Gasteiger partial charge in [0.15, 0.2) is 5.78 Å². The molecule has 0 unspecified atom stereocenters. The van der Waals surface area contributed by atoms with Crippen LogP contribution in [-0.4, -0.2) is 47.1 Å². The Bertz CT molecular complexity index is 896. The number of carbonyl (C=O) groups is 1. The number of aromatic nitrogens is 2. The number of thiophene rings is 1. The number of benzene rings is 1. The summed E-state index contributed by atoms with van der Waals surface area (Å²) in [7, 11) is 0. The molecule has 1 aliphatic heterocycles. The van der Waals surface area contributed by atoms with Gasteiger partial charge in [-0.25, -0.2) is 0 Å². The van der Waals surface area contributed by atoms with Crippen molar-refractivity contribution in [3.63, 3.8) is 0 Å². The van der Waals surface area contributed by atoms with Gasteiger partial charge >= 0.3 is 0 Å². The second-order valence-electron chi connectivity index (χ2n) is 6.72. The van der Waals surface area contributed by atoms with E-state index in [1.807, 2.05) is 41.8 Å². The number of piperazine rings is 1. The van der Waals surface area contributed by atoms with Gasteiger partial charge in [0.25, 0.3) is 5.89 Å². The van der Waals surface area contributed by atoms with Crippen molar-refractivity contribution in [2.75, 3.05) is 31.1 Å². The van der Waals surface area contributed by atoms with Crippen LogP contribution in [0.1, 0.15) is 36.1 Å². The number of ketones is 1. The van der Waals surface area contributed by atoms with E-state index in [9.17, 15) is 4.79 Å². The molecule has 0 N–H and O–H groups in total. The van der Waals surface area contributed by atoms with Crippen molar-refractivity contribution in [1.29, 1.82) is 0 Å². The molecule has 1 atom stereocenters. The van der Waals surface area contributed by atoms with Gasteiger partial charge in [0.2, 0.25) is 5.89 Å². The largest absolute Gasteiger partial charge is 0.418 e. The molecule has 3 aromatic rings. The molecule has 6 nitrogen and oxygen atoms in total. The number of rotatable bonds is 5. The second kappa shape index (κ2) is 7.62. The summed E-state index contributed by atoms with van der Waals surface area (Å²) in [4.78, 5) is 17.1. The van der Waals surface area contributed by atoms with Crippen LogP contribution in [0, 0.1) is 0 Å². The maximum absolute atomic E-state index is 11.4. The van der Waals surface area contributed by atoms with Crippen LogP contribution in [0.3, 0.4) is 0 Å². The fourth-order valence-corrected chi connectivity index (χ4v) is 3.98. The van der Waals surface area contributed by atoms with Crippen LogP contribution in [0.25, 0.3) is 10.8 Å². The molecular weight excluding hydrogens is 360 g/mol. The lowest BCUT2D eigenvalue weighted by atomic mass is 10.1. The Morgan fingerprint density at radius 3 is 2.48 bits per heavy atom. The van der Waals surface area contributed by atoms with E-state index < -0.39 is 0 Å². The minimum atomic E-state index is 0.0912. The van der Waals surface area contributed by atoms with Crippen molar-refractivity contribution in [3.05, 3.63) is 53.2 Å². The van der Waals surface area contributed by atoms with Crippen molar-refractivity contribution in [2.45, 2.75) is 19.9 Å². The van der Waals surface area contributed by atoms with E-state index in [0.717, 1.165) is 42.3 Å². The highest BCUT2D eigenvalue weighted by Crippen LogP contribution is 2.28. The zero-order chi connectivity index (χ0) is 18.8. The molecule has 0 radical (unpaired) electrons. The number of hydrogen-bond acceptors (Lipinski definition) is 7. The van der Waals surface area contributed by atoms with Gasteiger partial charge in [0.05, 0.1) is 10.9 Å². The molecule has 0 bridgehead atoms. The number of carbonyl (C=O) groups excluding carboxylic acids is 1. The van der Waals surface area contributed by atoms with Crippen LogP contribution in [-0.2, 0) is 0 Å². The molecule has 1 aliphatic rings.